The van der Waals surface area contributed by atoms with Crippen molar-refractivity contribution in [1.29, 1.82) is 0 Å². The minimum atomic E-state index is -0.282. The largest absolute Gasteiger partial charge is 0.285 e. The molecule has 2 amide bonds. The van der Waals surface area contributed by atoms with Crippen LogP contribution in [0.4, 0.5) is 0 Å². The molecule has 120 valence electrons. The molecule has 0 bridgehead atoms. The molecule has 1 aliphatic heterocycles. The van der Waals surface area contributed by atoms with Crippen molar-refractivity contribution in [2.75, 3.05) is 13.1 Å². The molecule has 0 aromatic rings. The van der Waals surface area contributed by atoms with Gasteiger partial charge in [-0.05, 0) is 50.9 Å². The second-order valence-electron chi connectivity index (χ2n) is 5.74. The first-order chi connectivity index (χ1) is 10.6. The summed E-state index contributed by atoms with van der Waals surface area (Å²) < 4.78 is 0. The lowest BCUT2D eigenvalue weighted by Gasteiger charge is -2.35. The van der Waals surface area contributed by atoms with Gasteiger partial charge < -0.3 is 0 Å². The highest BCUT2D eigenvalue weighted by Gasteiger charge is 2.37. The van der Waals surface area contributed by atoms with Crippen LogP contribution in [0.3, 0.4) is 0 Å². The molecule has 1 aliphatic carbocycles. The summed E-state index contributed by atoms with van der Waals surface area (Å²) in [5.74, 6) is 0.0102. The summed E-state index contributed by atoms with van der Waals surface area (Å²) in [6, 6.07) is 0. The Morgan fingerprint density at radius 2 is 1.59 bits per heavy atom. The number of likely N-dealkylation sites (N-methyl/N-ethyl adjacent to an activating group) is 2. The first-order valence-electron chi connectivity index (χ1n) is 8.16. The molecule has 0 radical (unpaired) electrons. The molecule has 22 heavy (non-hydrogen) atoms. The molecular formula is C17H24N2O2S. The van der Waals surface area contributed by atoms with Crippen molar-refractivity contribution in [3.63, 3.8) is 0 Å². The number of hydrogen-bond acceptors (Lipinski definition) is 3. The zero-order chi connectivity index (χ0) is 16.1. The molecule has 0 aromatic heterocycles. The van der Waals surface area contributed by atoms with Crippen LogP contribution in [0.1, 0.15) is 46.0 Å². The third-order valence-corrected chi connectivity index (χ3v) is 4.78. The number of carbonyl (C=O) groups excluding carboxylic acids is 2. The second kappa shape index (κ2) is 7.68. The summed E-state index contributed by atoms with van der Waals surface area (Å²) in [4.78, 5) is 27.8. The van der Waals surface area contributed by atoms with E-state index in [1.54, 1.807) is 6.08 Å². The Labute approximate surface area is 137 Å². The van der Waals surface area contributed by atoms with E-state index < -0.39 is 0 Å². The normalized spacial score (nSPS) is 21.2. The maximum Gasteiger partial charge on any atom is 0.265 e. The number of nitrogens with zero attached hydrogens (tertiary/aromatic N) is 2. The van der Waals surface area contributed by atoms with Crippen LogP contribution in [0, 0.1) is 5.92 Å². The van der Waals surface area contributed by atoms with Crippen molar-refractivity contribution in [2.45, 2.75) is 46.0 Å². The van der Waals surface area contributed by atoms with Gasteiger partial charge in [-0.3, -0.25) is 19.4 Å². The first-order valence-corrected chi connectivity index (χ1v) is 8.57. The summed E-state index contributed by atoms with van der Waals surface area (Å²) in [7, 11) is 0. The van der Waals surface area contributed by atoms with Crippen molar-refractivity contribution in [2.24, 2.45) is 5.92 Å². The lowest BCUT2D eigenvalue weighted by Crippen LogP contribution is -2.55. The second-order valence-corrected chi connectivity index (χ2v) is 6.11. The van der Waals surface area contributed by atoms with Crippen molar-refractivity contribution in [3.8, 4) is 0 Å². The van der Waals surface area contributed by atoms with E-state index in [-0.39, 0.29) is 17.4 Å². The van der Waals surface area contributed by atoms with E-state index in [2.05, 4.69) is 6.08 Å². The summed E-state index contributed by atoms with van der Waals surface area (Å²) in [5, 5.41) is 0.313. The number of thiocarbonyl (C=S) groups is 1. The van der Waals surface area contributed by atoms with Crippen LogP contribution in [0.5, 0.6) is 0 Å². The molecule has 0 N–H and O–H groups in total. The van der Waals surface area contributed by atoms with Crippen LogP contribution in [-0.2, 0) is 9.59 Å². The summed E-state index contributed by atoms with van der Waals surface area (Å²) >= 11 is 5.23. The SMILES string of the molecule is CCN1C(=O)C(=C/C=C/C2CCCCC2)C(=O)N(CC)C1=S. The zero-order valence-electron chi connectivity index (χ0n) is 13.4. The van der Waals surface area contributed by atoms with Gasteiger partial charge in [-0.1, -0.05) is 31.4 Å². The number of amides is 2. The van der Waals surface area contributed by atoms with Gasteiger partial charge in [0.1, 0.15) is 5.57 Å². The Morgan fingerprint density at radius 1 is 1.05 bits per heavy atom. The van der Waals surface area contributed by atoms with Gasteiger partial charge in [-0.2, -0.15) is 0 Å². The van der Waals surface area contributed by atoms with E-state index in [4.69, 9.17) is 12.2 Å². The Bertz CT molecular complexity index is 491. The van der Waals surface area contributed by atoms with E-state index in [0.29, 0.717) is 24.1 Å². The van der Waals surface area contributed by atoms with Crippen molar-refractivity contribution in [3.05, 3.63) is 23.8 Å². The van der Waals surface area contributed by atoms with E-state index >= 15 is 0 Å². The molecule has 0 aromatic carbocycles. The fourth-order valence-electron chi connectivity index (χ4n) is 3.04. The maximum absolute atomic E-state index is 12.4. The Morgan fingerprint density at radius 3 is 2.09 bits per heavy atom. The molecule has 2 fully saturated rings. The van der Waals surface area contributed by atoms with Crippen molar-refractivity contribution >= 4 is 29.1 Å². The summed E-state index contributed by atoms with van der Waals surface area (Å²) in [6.45, 7) is 4.68. The summed E-state index contributed by atoms with van der Waals surface area (Å²) in [5.41, 5.74) is 0.212. The van der Waals surface area contributed by atoms with Gasteiger partial charge in [-0.15, -0.1) is 0 Å². The fraction of sp³-hybridized carbons (Fsp3) is 0.588. The Hall–Kier alpha value is -1.49. The minimum Gasteiger partial charge on any atom is -0.285 e. The smallest absolute Gasteiger partial charge is 0.265 e. The topological polar surface area (TPSA) is 40.6 Å². The maximum atomic E-state index is 12.4. The predicted molar refractivity (Wildman–Crippen MR) is 91.2 cm³/mol. The molecule has 1 saturated heterocycles. The molecule has 1 saturated carbocycles. The van der Waals surface area contributed by atoms with Crippen LogP contribution in [0.25, 0.3) is 0 Å². The fourth-order valence-corrected chi connectivity index (χ4v) is 3.46. The third-order valence-electron chi connectivity index (χ3n) is 4.34. The highest BCUT2D eigenvalue weighted by Crippen LogP contribution is 2.25. The van der Waals surface area contributed by atoms with Crippen LogP contribution in [0.15, 0.2) is 23.8 Å². The van der Waals surface area contributed by atoms with Gasteiger partial charge in [0.15, 0.2) is 5.11 Å². The zero-order valence-corrected chi connectivity index (χ0v) is 14.2. The van der Waals surface area contributed by atoms with Gasteiger partial charge in [-0.25, -0.2) is 0 Å². The summed E-state index contributed by atoms with van der Waals surface area (Å²) in [6.07, 6.45) is 11.9. The molecule has 4 nitrogen and oxygen atoms in total. The number of carbonyl (C=O) groups is 2. The van der Waals surface area contributed by atoms with E-state index in [0.717, 1.165) is 0 Å². The quantitative estimate of drug-likeness (QED) is 0.454. The van der Waals surface area contributed by atoms with Gasteiger partial charge in [0.25, 0.3) is 11.8 Å². The van der Waals surface area contributed by atoms with Crippen LogP contribution in [-0.4, -0.2) is 39.8 Å². The molecule has 0 spiro atoms. The molecule has 0 atom stereocenters. The first kappa shape index (κ1) is 16.9. The molecule has 5 heteroatoms. The van der Waals surface area contributed by atoms with E-state index in [9.17, 15) is 9.59 Å². The average Bonchev–Trinajstić information content (AvgIpc) is 2.52. The lowest BCUT2D eigenvalue weighted by molar-refractivity contribution is -0.133. The molecule has 1 heterocycles. The highest BCUT2D eigenvalue weighted by atomic mass is 32.1. The standard InChI is InChI=1S/C17H24N2O2S/c1-3-18-15(20)14(16(21)19(4-2)17(18)22)12-8-11-13-9-6-5-7-10-13/h8,11-13H,3-7,9-10H2,1-2H3/b11-8+. The Kier molecular flexibility index (Phi) is 5.89. The molecule has 0 unspecified atom stereocenters. The van der Waals surface area contributed by atoms with Crippen LogP contribution >= 0.6 is 12.2 Å². The van der Waals surface area contributed by atoms with Gasteiger partial charge in [0, 0.05) is 13.1 Å². The molecule has 2 aliphatic rings. The number of allylic oxidation sites excluding steroid dienone is 3. The highest BCUT2D eigenvalue weighted by molar-refractivity contribution is 7.80. The average molecular weight is 320 g/mol. The van der Waals surface area contributed by atoms with Crippen molar-refractivity contribution < 1.29 is 9.59 Å². The van der Waals surface area contributed by atoms with Crippen LogP contribution in [0.2, 0.25) is 0 Å². The monoisotopic (exact) mass is 320 g/mol. The Balaban J connectivity index is 2.17. The van der Waals surface area contributed by atoms with E-state index in [1.807, 2.05) is 19.9 Å². The van der Waals surface area contributed by atoms with Gasteiger partial charge >= 0.3 is 0 Å². The van der Waals surface area contributed by atoms with Crippen molar-refractivity contribution in [1.82, 2.24) is 9.80 Å². The van der Waals surface area contributed by atoms with Gasteiger partial charge in [0.05, 0.1) is 0 Å². The molecule has 2 rings (SSSR count). The predicted octanol–water partition coefficient (Wildman–Crippen LogP) is 3.04. The lowest BCUT2D eigenvalue weighted by atomic mass is 9.89. The number of hydrogen-bond donors (Lipinski definition) is 0. The number of rotatable bonds is 4. The molecular weight excluding hydrogens is 296 g/mol. The van der Waals surface area contributed by atoms with Gasteiger partial charge in [0.2, 0.25) is 0 Å². The third kappa shape index (κ3) is 3.46. The van der Waals surface area contributed by atoms with Crippen LogP contribution < -0.4 is 0 Å². The van der Waals surface area contributed by atoms with E-state index in [1.165, 1.54) is 41.9 Å². The minimum absolute atomic E-state index is 0.212.